The molecule has 210 valence electrons. The molecule has 0 aliphatic carbocycles. The quantitative estimate of drug-likeness (QED) is 0.285. The Morgan fingerprint density at radius 1 is 1.05 bits per heavy atom. The predicted octanol–water partition coefficient (Wildman–Crippen LogP) is 5.89. The number of benzene rings is 3. The molecule has 4 aromatic rings. The van der Waals surface area contributed by atoms with Crippen LogP contribution in [-0.4, -0.2) is 28.0 Å². The molecule has 2 amide bonds. The number of hydrogen-bond donors (Lipinski definition) is 2. The van der Waals surface area contributed by atoms with Crippen molar-refractivity contribution in [3.05, 3.63) is 88.5 Å². The van der Waals surface area contributed by atoms with Gasteiger partial charge in [0.15, 0.2) is 0 Å². The number of halogens is 3. The van der Waals surface area contributed by atoms with Crippen LogP contribution in [0.3, 0.4) is 0 Å². The van der Waals surface area contributed by atoms with Crippen LogP contribution in [0.1, 0.15) is 55.0 Å². The third-order valence-corrected chi connectivity index (χ3v) is 6.42. The average Bonchev–Trinajstić information content (AvgIpc) is 3.19. The molecule has 4 rings (SSSR count). The molecule has 0 spiro atoms. The number of hydrogen-bond acceptors (Lipinski definition) is 4. The third-order valence-electron chi connectivity index (χ3n) is 6.42. The van der Waals surface area contributed by atoms with E-state index in [1.807, 2.05) is 0 Å². The fourth-order valence-corrected chi connectivity index (χ4v) is 4.19. The molecule has 10 heteroatoms. The second-order valence-corrected chi connectivity index (χ2v) is 10.4. The molecule has 7 nitrogen and oxygen atoms in total. The SMILES string of the molecule is CCOc1cc2c(cc1C(=O)Nc1cccc(F)c1)nc(Cc1c(F)ccc(CNC(=O)C(C)(C)C)c1F)n2C. The summed E-state index contributed by atoms with van der Waals surface area (Å²) in [5.41, 5.74) is 0.781. The van der Waals surface area contributed by atoms with Crippen molar-refractivity contribution in [1.82, 2.24) is 14.9 Å². The highest BCUT2D eigenvalue weighted by molar-refractivity contribution is 6.08. The van der Waals surface area contributed by atoms with Gasteiger partial charge in [0.25, 0.3) is 5.91 Å². The van der Waals surface area contributed by atoms with Crippen LogP contribution in [0.4, 0.5) is 18.9 Å². The van der Waals surface area contributed by atoms with Gasteiger partial charge in [-0.05, 0) is 37.3 Å². The van der Waals surface area contributed by atoms with Crippen LogP contribution < -0.4 is 15.4 Å². The van der Waals surface area contributed by atoms with Crippen molar-refractivity contribution in [2.45, 2.75) is 40.7 Å². The lowest BCUT2D eigenvalue weighted by Crippen LogP contribution is -2.34. The average molecular weight is 553 g/mol. The number of ether oxygens (including phenoxy) is 1. The lowest BCUT2D eigenvalue weighted by Gasteiger charge is -2.18. The number of rotatable bonds is 8. The molecule has 3 aromatic carbocycles. The molecule has 2 N–H and O–H groups in total. The summed E-state index contributed by atoms with van der Waals surface area (Å²) in [6.45, 7) is 7.20. The van der Waals surface area contributed by atoms with Gasteiger partial charge < -0.3 is 19.9 Å². The summed E-state index contributed by atoms with van der Waals surface area (Å²) in [5, 5.41) is 5.34. The van der Waals surface area contributed by atoms with E-state index in [1.54, 1.807) is 51.4 Å². The van der Waals surface area contributed by atoms with Gasteiger partial charge in [-0.3, -0.25) is 9.59 Å². The molecular weight excluding hydrogens is 521 g/mol. The van der Waals surface area contributed by atoms with E-state index in [4.69, 9.17) is 4.74 Å². The highest BCUT2D eigenvalue weighted by Gasteiger charge is 2.23. The Morgan fingerprint density at radius 2 is 1.80 bits per heavy atom. The number of aryl methyl sites for hydroxylation is 1. The topological polar surface area (TPSA) is 85.2 Å². The van der Waals surface area contributed by atoms with Gasteiger partial charge in [-0.1, -0.05) is 32.9 Å². The number of anilines is 1. The second-order valence-electron chi connectivity index (χ2n) is 10.4. The molecule has 1 aromatic heterocycles. The van der Waals surface area contributed by atoms with Crippen molar-refractivity contribution >= 4 is 28.5 Å². The predicted molar refractivity (Wildman–Crippen MR) is 147 cm³/mol. The number of nitrogens with one attached hydrogen (secondary N) is 2. The molecule has 0 saturated carbocycles. The Morgan fingerprint density at radius 3 is 2.48 bits per heavy atom. The lowest BCUT2D eigenvalue weighted by molar-refractivity contribution is -0.128. The maximum atomic E-state index is 15.4. The fraction of sp³-hybridized carbons (Fsp3) is 0.300. The zero-order valence-corrected chi connectivity index (χ0v) is 23.0. The monoisotopic (exact) mass is 552 g/mol. The van der Waals surface area contributed by atoms with E-state index in [0.717, 1.165) is 0 Å². The summed E-state index contributed by atoms with van der Waals surface area (Å²) >= 11 is 0. The first-order chi connectivity index (χ1) is 18.9. The first-order valence-electron chi connectivity index (χ1n) is 12.8. The Bertz CT molecular complexity index is 1590. The van der Waals surface area contributed by atoms with E-state index in [9.17, 15) is 18.4 Å². The van der Waals surface area contributed by atoms with Crippen LogP contribution in [0.5, 0.6) is 5.75 Å². The lowest BCUT2D eigenvalue weighted by atomic mass is 9.95. The van der Waals surface area contributed by atoms with Gasteiger partial charge in [-0.25, -0.2) is 18.2 Å². The van der Waals surface area contributed by atoms with E-state index >= 15 is 4.39 Å². The summed E-state index contributed by atoms with van der Waals surface area (Å²) in [7, 11) is 1.70. The van der Waals surface area contributed by atoms with Crippen LogP contribution >= 0.6 is 0 Å². The van der Waals surface area contributed by atoms with Crippen LogP contribution in [0.25, 0.3) is 11.0 Å². The van der Waals surface area contributed by atoms with Crippen LogP contribution in [0, 0.1) is 22.9 Å². The number of amides is 2. The summed E-state index contributed by atoms with van der Waals surface area (Å²) in [4.78, 5) is 29.9. The van der Waals surface area contributed by atoms with E-state index in [0.29, 0.717) is 16.9 Å². The van der Waals surface area contributed by atoms with Crippen molar-refractivity contribution in [2.24, 2.45) is 12.5 Å². The van der Waals surface area contributed by atoms with Gasteiger partial charge in [-0.2, -0.15) is 0 Å². The minimum atomic E-state index is -0.758. The highest BCUT2D eigenvalue weighted by Crippen LogP contribution is 2.29. The van der Waals surface area contributed by atoms with Crippen LogP contribution in [-0.2, 0) is 24.8 Å². The normalized spacial score (nSPS) is 11.5. The molecule has 1 heterocycles. The Kier molecular flexibility index (Phi) is 8.18. The molecule has 0 bridgehead atoms. The summed E-state index contributed by atoms with van der Waals surface area (Å²) in [6, 6.07) is 11.2. The maximum Gasteiger partial charge on any atom is 0.259 e. The van der Waals surface area contributed by atoms with Gasteiger partial charge in [0.2, 0.25) is 5.91 Å². The number of nitrogens with zero attached hydrogens (tertiary/aromatic N) is 2. The minimum Gasteiger partial charge on any atom is -0.493 e. The molecule has 0 aliphatic rings. The zero-order chi connectivity index (χ0) is 29.2. The van der Waals surface area contributed by atoms with Gasteiger partial charge >= 0.3 is 0 Å². The largest absolute Gasteiger partial charge is 0.493 e. The van der Waals surface area contributed by atoms with Crippen molar-refractivity contribution in [3.63, 3.8) is 0 Å². The number of carbonyl (C=O) groups is 2. The van der Waals surface area contributed by atoms with Crippen molar-refractivity contribution in [2.75, 3.05) is 11.9 Å². The van der Waals surface area contributed by atoms with E-state index in [-0.39, 0.29) is 53.6 Å². The Hall–Kier alpha value is -4.34. The third kappa shape index (κ3) is 6.11. The number of fused-ring (bicyclic) bond motifs is 1. The van der Waals surface area contributed by atoms with Crippen molar-refractivity contribution < 1.29 is 27.5 Å². The van der Waals surface area contributed by atoms with E-state index in [2.05, 4.69) is 15.6 Å². The molecule has 0 radical (unpaired) electrons. The standard InChI is InChI=1S/C30H31F3N4O3/c1-6-40-25-15-24-23(13-21(25)28(38)35-19-9-7-8-18(31)12-19)36-26(37(24)5)14-20-22(32)11-10-17(27(20)33)16-34-29(39)30(2,3)4/h7-13,15H,6,14,16H2,1-5H3,(H,34,39)(H,35,38). The highest BCUT2D eigenvalue weighted by atomic mass is 19.1. The molecule has 0 unspecified atom stereocenters. The van der Waals surface area contributed by atoms with Crippen molar-refractivity contribution in [3.8, 4) is 5.75 Å². The molecule has 0 saturated heterocycles. The van der Waals surface area contributed by atoms with Crippen LogP contribution in [0.15, 0.2) is 48.5 Å². The second kappa shape index (κ2) is 11.4. The molecule has 0 aliphatic heterocycles. The number of carbonyl (C=O) groups excluding carboxylic acids is 2. The fourth-order valence-electron chi connectivity index (χ4n) is 4.19. The zero-order valence-electron chi connectivity index (χ0n) is 23.0. The molecular formula is C30H31F3N4O3. The van der Waals surface area contributed by atoms with Gasteiger partial charge in [0.1, 0.15) is 29.0 Å². The molecule has 40 heavy (non-hydrogen) atoms. The Labute approximate surface area is 230 Å². The van der Waals surface area contributed by atoms with E-state index in [1.165, 1.54) is 36.4 Å². The first kappa shape index (κ1) is 28.7. The minimum absolute atomic E-state index is 0.0841. The smallest absolute Gasteiger partial charge is 0.259 e. The summed E-state index contributed by atoms with van der Waals surface area (Å²) in [5.74, 6) is -2.12. The molecule has 0 fully saturated rings. The number of aromatic nitrogens is 2. The molecule has 0 atom stereocenters. The first-order valence-corrected chi connectivity index (χ1v) is 12.8. The van der Waals surface area contributed by atoms with Gasteiger partial charge in [-0.15, -0.1) is 0 Å². The van der Waals surface area contributed by atoms with Crippen LogP contribution in [0.2, 0.25) is 0 Å². The van der Waals surface area contributed by atoms with Gasteiger partial charge in [0, 0.05) is 48.3 Å². The maximum absolute atomic E-state index is 15.4. The van der Waals surface area contributed by atoms with E-state index < -0.39 is 28.8 Å². The summed E-state index contributed by atoms with van der Waals surface area (Å²) in [6.07, 6.45) is -0.168. The number of imidazole rings is 1. The Balaban J connectivity index is 1.66. The summed E-state index contributed by atoms with van der Waals surface area (Å²) < 4.78 is 51.2. The van der Waals surface area contributed by atoms with Gasteiger partial charge in [0.05, 0.1) is 23.2 Å². The van der Waals surface area contributed by atoms with Crippen molar-refractivity contribution in [1.29, 1.82) is 0 Å².